The van der Waals surface area contributed by atoms with Crippen LogP contribution in [0.2, 0.25) is 0 Å². The van der Waals surface area contributed by atoms with Gasteiger partial charge in [0.1, 0.15) is 12.6 Å². The van der Waals surface area contributed by atoms with Gasteiger partial charge < -0.3 is 20.5 Å². The maximum Gasteiger partial charge on any atom is 0.407 e. The van der Waals surface area contributed by atoms with Crippen LogP contribution >= 0.6 is 11.8 Å². The van der Waals surface area contributed by atoms with Gasteiger partial charge in [0.25, 0.3) is 0 Å². The first-order valence-corrected chi connectivity index (χ1v) is 13.5. The number of ether oxygens (including phenoxy) is 1. The molecule has 1 fully saturated rings. The van der Waals surface area contributed by atoms with E-state index in [1.54, 1.807) is 0 Å². The van der Waals surface area contributed by atoms with Crippen LogP contribution in [0.15, 0.2) is 48.5 Å². The molecule has 0 aromatic heterocycles. The van der Waals surface area contributed by atoms with Gasteiger partial charge in [-0.15, -0.1) is 0 Å². The molecule has 8 heteroatoms. The summed E-state index contributed by atoms with van der Waals surface area (Å²) >= 11 is 1.54. The van der Waals surface area contributed by atoms with Crippen molar-refractivity contribution in [2.24, 2.45) is 5.41 Å². The molecule has 2 amide bonds. The number of amides is 2. The minimum Gasteiger partial charge on any atom is -0.480 e. The second kappa shape index (κ2) is 11.2. The van der Waals surface area contributed by atoms with Crippen molar-refractivity contribution >= 4 is 29.7 Å². The Morgan fingerprint density at radius 3 is 2.23 bits per heavy atom. The lowest BCUT2D eigenvalue weighted by atomic mass is 9.84. The molecule has 0 bridgehead atoms. The molecule has 4 rings (SSSR count). The van der Waals surface area contributed by atoms with Gasteiger partial charge in [0.15, 0.2) is 0 Å². The average Bonchev–Trinajstić information content (AvgIpc) is 3.47. The zero-order chi connectivity index (χ0) is 24.8. The summed E-state index contributed by atoms with van der Waals surface area (Å²) in [6, 6.07) is 15.4. The second-order valence-corrected chi connectivity index (χ2v) is 10.3. The summed E-state index contributed by atoms with van der Waals surface area (Å²) in [4.78, 5) is 37.4. The Balaban J connectivity index is 1.36. The van der Waals surface area contributed by atoms with Crippen LogP contribution in [0.25, 0.3) is 11.1 Å². The van der Waals surface area contributed by atoms with Crippen molar-refractivity contribution in [3.05, 3.63) is 59.7 Å². The number of alkyl carbamates (subject to hydrolysis) is 1. The fraction of sp³-hybridized carbons (Fsp3) is 0.444. The monoisotopic (exact) mass is 496 g/mol. The summed E-state index contributed by atoms with van der Waals surface area (Å²) in [6.07, 6.45) is 4.64. The van der Waals surface area contributed by atoms with E-state index in [4.69, 9.17) is 4.74 Å². The molecule has 2 aromatic rings. The molecule has 0 saturated heterocycles. The molecule has 7 nitrogen and oxygen atoms in total. The summed E-state index contributed by atoms with van der Waals surface area (Å²) in [7, 11) is 0. The van der Waals surface area contributed by atoms with E-state index in [2.05, 4.69) is 34.9 Å². The molecule has 1 unspecified atom stereocenters. The molecule has 2 aromatic carbocycles. The predicted molar refractivity (Wildman–Crippen MR) is 137 cm³/mol. The van der Waals surface area contributed by atoms with Crippen LogP contribution < -0.4 is 10.6 Å². The summed E-state index contributed by atoms with van der Waals surface area (Å²) in [5.74, 6) is -0.737. The highest BCUT2D eigenvalue weighted by molar-refractivity contribution is 7.98. The minimum atomic E-state index is -1.04. The van der Waals surface area contributed by atoms with Crippen LogP contribution in [-0.2, 0) is 14.3 Å². The number of thioether (sulfide) groups is 1. The van der Waals surface area contributed by atoms with Crippen molar-refractivity contribution in [2.75, 3.05) is 25.2 Å². The first-order valence-electron chi connectivity index (χ1n) is 12.1. The van der Waals surface area contributed by atoms with Gasteiger partial charge in [0.2, 0.25) is 5.91 Å². The Kier molecular flexibility index (Phi) is 8.00. The molecule has 3 N–H and O–H groups in total. The Bertz CT molecular complexity index is 1040. The van der Waals surface area contributed by atoms with E-state index < -0.39 is 23.5 Å². The fourth-order valence-corrected chi connectivity index (χ4v) is 5.70. The molecule has 0 spiro atoms. The summed E-state index contributed by atoms with van der Waals surface area (Å²) in [6.45, 7) is 0.333. The molecule has 2 aliphatic rings. The van der Waals surface area contributed by atoms with Gasteiger partial charge in [0.05, 0.1) is 5.41 Å². The van der Waals surface area contributed by atoms with Gasteiger partial charge in [-0.05, 0) is 53.5 Å². The number of hydrogen-bond acceptors (Lipinski definition) is 5. The van der Waals surface area contributed by atoms with Gasteiger partial charge in [-0.1, -0.05) is 61.4 Å². The Morgan fingerprint density at radius 2 is 1.66 bits per heavy atom. The number of benzene rings is 2. The highest BCUT2D eigenvalue weighted by atomic mass is 32.2. The molecule has 0 aliphatic heterocycles. The third kappa shape index (κ3) is 5.48. The predicted octanol–water partition coefficient (Wildman–Crippen LogP) is 4.41. The van der Waals surface area contributed by atoms with Gasteiger partial charge in [-0.3, -0.25) is 4.79 Å². The average molecular weight is 497 g/mol. The topological polar surface area (TPSA) is 105 Å². The molecule has 35 heavy (non-hydrogen) atoms. The largest absolute Gasteiger partial charge is 0.480 e. The number of fused-ring (bicyclic) bond motifs is 3. The smallest absolute Gasteiger partial charge is 0.407 e. The van der Waals surface area contributed by atoms with Crippen LogP contribution in [0.5, 0.6) is 0 Å². The lowest BCUT2D eigenvalue weighted by Gasteiger charge is -2.29. The van der Waals surface area contributed by atoms with E-state index in [0.717, 1.165) is 35.1 Å². The van der Waals surface area contributed by atoms with Crippen LogP contribution in [0.1, 0.15) is 49.1 Å². The quantitative estimate of drug-likeness (QED) is 0.450. The van der Waals surface area contributed by atoms with Crippen molar-refractivity contribution in [3.8, 4) is 11.1 Å². The maximum atomic E-state index is 13.1. The van der Waals surface area contributed by atoms with Gasteiger partial charge >= 0.3 is 12.1 Å². The molecule has 0 radical (unpaired) electrons. The third-order valence-electron chi connectivity index (χ3n) is 7.17. The minimum absolute atomic E-state index is 0.0374. The molecular formula is C27H32N2O5S. The van der Waals surface area contributed by atoms with Gasteiger partial charge in [-0.25, -0.2) is 9.59 Å². The van der Waals surface area contributed by atoms with E-state index in [0.29, 0.717) is 25.0 Å². The third-order valence-corrected chi connectivity index (χ3v) is 7.82. The summed E-state index contributed by atoms with van der Waals surface area (Å²) in [5, 5.41) is 15.0. The zero-order valence-electron chi connectivity index (χ0n) is 19.9. The highest BCUT2D eigenvalue weighted by Gasteiger charge is 2.43. The number of carboxylic acid groups (broad SMARTS) is 1. The molecule has 2 aliphatic carbocycles. The number of carboxylic acids is 1. The van der Waals surface area contributed by atoms with Crippen LogP contribution in [0.3, 0.4) is 0 Å². The number of aliphatic carboxylic acids is 1. The zero-order valence-corrected chi connectivity index (χ0v) is 20.7. The molecule has 1 atom stereocenters. The summed E-state index contributed by atoms with van der Waals surface area (Å²) in [5.41, 5.74) is 3.79. The maximum absolute atomic E-state index is 13.1. The van der Waals surface area contributed by atoms with Gasteiger partial charge in [-0.2, -0.15) is 11.8 Å². The summed E-state index contributed by atoms with van der Waals surface area (Å²) < 4.78 is 5.62. The first kappa shape index (κ1) is 25.1. The van der Waals surface area contributed by atoms with Crippen molar-refractivity contribution in [1.82, 2.24) is 10.6 Å². The second-order valence-electron chi connectivity index (χ2n) is 9.31. The van der Waals surface area contributed by atoms with Crippen LogP contribution in [-0.4, -0.2) is 54.3 Å². The number of rotatable bonds is 10. The van der Waals surface area contributed by atoms with Crippen molar-refractivity contribution in [3.63, 3.8) is 0 Å². The van der Waals surface area contributed by atoms with Gasteiger partial charge in [0, 0.05) is 12.5 Å². The Morgan fingerprint density at radius 1 is 1.06 bits per heavy atom. The molecule has 186 valence electrons. The lowest BCUT2D eigenvalue weighted by molar-refractivity contribution is -0.143. The SMILES string of the molecule is CSCCC(NC(=O)C1(CNC(=O)OCC2c3ccccc3-c3ccccc32)CCCC1)C(=O)O. The van der Waals surface area contributed by atoms with Crippen LogP contribution in [0, 0.1) is 5.41 Å². The van der Waals surface area contributed by atoms with E-state index in [9.17, 15) is 19.5 Å². The first-order chi connectivity index (χ1) is 16.9. The molecular weight excluding hydrogens is 464 g/mol. The highest BCUT2D eigenvalue weighted by Crippen LogP contribution is 2.44. The normalized spacial score (nSPS) is 16.7. The standard InChI is InChI=1S/C27H32N2O5S/c1-35-15-12-23(24(30)31)29-25(32)27(13-6-7-14-27)17-28-26(33)34-16-22-20-10-4-2-8-18(20)19-9-3-5-11-21(19)22/h2-5,8-11,22-23H,6-7,12-17H2,1H3,(H,28,33)(H,29,32)(H,30,31). The van der Waals surface area contributed by atoms with E-state index in [-0.39, 0.29) is 25.0 Å². The number of nitrogens with one attached hydrogen (secondary N) is 2. The van der Waals surface area contributed by atoms with E-state index in [1.165, 1.54) is 11.8 Å². The molecule has 0 heterocycles. The van der Waals surface area contributed by atoms with Crippen molar-refractivity contribution < 1.29 is 24.2 Å². The number of hydrogen-bond donors (Lipinski definition) is 3. The Hall–Kier alpha value is -3.00. The van der Waals surface area contributed by atoms with Crippen LogP contribution in [0.4, 0.5) is 4.79 Å². The van der Waals surface area contributed by atoms with E-state index in [1.807, 2.05) is 30.5 Å². The lowest BCUT2D eigenvalue weighted by Crippen LogP contribution is -2.52. The van der Waals surface area contributed by atoms with E-state index >= 15 is 0 Å². The number of carbonyl (C=O) groups excluding carboxylic acids is 2. The molecule has 1 saturated carbocycles. The van der Waals surface area contributed by atoms with Crippen molar-refractivity contribution in [2.45, 2.75) is 44.1 Å². The Labute approximate surface area is 210 Å². The fourth-order valence-electron chi connectivity index (χ4n) is 5.23. The van der Waals surface area contributed by atoms with Crippen molar-refractivity contribution in [1.29, 1.82) is 0 Å². The number of carbonyl (C=O) groups is 3.